The summed E-state index contributed by atoms with van der Waals surface area (Å²) in [6.45, 7) is 2.82. The Hall–Kier alpha value is -3.79. The summed E-state index contributed by atoms with van der Waals surface area (Å²) in [6.07, 6.45) is 0. The van der Waals surface area contributed by atoms with Crippen molar-refractivity contribution in [1.29, 1.82) is 5.26 Å². The molecule has 0 bridgehead atoms. The maximum atomic E-state index is 11.5. The van der Waals surface area contributed by atoms with Gasteiger partial charge in [-0.2, -0.15) is 18.8 Å². The van der Waals surface area contributed by atoms with Crippen LogP contribution in [-0.4, -0.2) is 33.8 Å². The molecule has 1 aromatic heterocycles. The standard InChI is InChI=1S/C19H15ClN6O5S/c1-10-15(9-21)19(26(25-10)13-4-3-5-14(8-13)32(29,30)31)24-23-12-6-16(20)18(28)17(7-12)22-11(2)27/h3-8,28H,1-2H3,(H,22,27)(H,29,30,31)/b24-23+. The molecule has 0 aliphatic carbocycles. The van der Waals surface area contributed by atoms with Crippen molar-refractivity contribution in [2.24, 2.45) is 10.2 Å². The van der Waals surface area contributed by atoms with Crippen molar-refractivity contribution in [3.8, 4) is 17.5 Å². The predicted molar refractivity (Wildman–Crippen MR) is 114 cm³/mol. The molecule has 3 rings (SSSR count). The van der Waals surface area contributed by atoms with Crippen LogP contribution in [0.4, 0.5) is 17.2 Å². The summed E-state index contributed by atoms with van der Waals surface area (Å²) in [5.74, 6) is -0.797. The van der Waals surface area contributed by atoms with Crippen LogP contribution in [0.15, 0.2) is 51.5 Å². The summed E-state index contributed by atoms with van der Waals surface area (Å²) >= 11 is 5.98. The summed E-state index contributed by atoms with van der Waals surface area (Å²) in [4.78, 5) is 11.0. The number of aromatic hydroxyl groups is 1. The largest absolute Gasteiger partial charge is 0.504 e. The number of aryl methyl sites for hydroxylation is 1. The van der Waals surface area contributed by atoms with Gasteiger partial charge in [0.05, 0.1) is 32.7 Å². The third kappa shape index (κ3) is 4.75. The highest BCUT2D eigenvalue weighted by atomic mass is 35.5. The van der Waals surface area contributed by atoms with Crippen LogP contribution in [0.1, 0.15) is 18.2 Å². The van der Waals surface area contributed by atoms with Gasteiger partial charge in [0.2, 0.25) is 5.91 Å². The maximum Gasteiger partial charge on any atom is 0.294 e. The lowest BCUT2D eigenvalue weighted by Gasteiger charge is -2.08. The number of hydrogen-bond donors (Lipinski definition) is 3. The van der Waals surface area contributed by atoms with E-state index in [0.717, 1.165) is 6.07 Å². The van der Waals surface area contributed by atoms with E-state index < -0.39 is 16.0 Å². The molecule has 3 aromatic rings. The van der Waals surface area contributed by atoms with Crippen LogP contribution in [0.3, 0.4) is 0 Å². The minimum atomic E-state index is -4.47. The molecule has 0 fully saturated rings. The van der Waals surface area contributed by atoms with Crippen molar-refractivity contribution < 1.29 is 22.9 Å². The molecule has 13 heteroatoms. The zero-order valence-corrected chi connectivity index (χ0v) is 18.2. The van der Waals surface area contributed by atoms with E-state index in [1.54, 1.807) is 6.92 Å². The Kier molecular flexibility index (Phi) is 6.26. The number of hydrogen-bond acceptors (Lipinski definition) is 8. The highest BCUT2D eigenvalue weighted by Gasteiger charge is 2.19. The number of rotatable bonds is 5. The first-order valence-electron chi connectivity index (χ1n) is 8.80. The van der Waals surface area contributed by atoms with E-state index in [4.69, 9.17) is 11.6 Å². The van der Waals surface area contributed by atoms with E-state index in [0.29, 0.717) is 5.69 Å². The molecule has 2 aromatic carbocycles. The molecule has 0 aliphatic rings. The minimum Gasteiger partial charge on any atom is -0.504 e. The van der Waals surface area contributed by atoms with Crippen molar-refractivity contribution in [2.75, 3.05) is 5.32 Å². The average molecular weight is 475 g/mol. The van der Waals surface area contributed by atoms with Crippen LogP contribution in [0, 0.1) is 18.3 Å². The molecular weight excluding hydrogens is 460 g/mol. The summed E-state index contributed by atoms with van der Waals surface area (Å²) in [7, 11) is -4.47. The molecule has 0 spiro atoms. The molecule has 3 N–H and O–H groups in total. The van der Waals surface area contributed by atoms with Gasteiger partial charge in [0.15, 0.2) is 11.6 Å². The first-order valence-corrected chi connectivity index (χ1v) is 10.6. The Bertz CT molecular complexity index is 1410. The number of azo groups is 1. The SMILES string of the molecule is CC(=O)Nc1cc(/N=N/c2c(C#N)c(C)nn2-c2cccc(S(=O)(=O)O)c2)cc(Cl)c1O. The number of amides is 1. The number of benzene rings is 2. The third-order valence-electron chi connectivity index (χ3n) is 4.13. The number of halogens is 1. The Morgan fingerprint density at radius 3 is 2.62 bits per heavy atom. The Labute approximate surface area is 187 Å². The number of nitrogens with one attached hydrogen (secondary N) is 1. The van der Waals surface area contributed by atoms with E-state index in [1.165, 1.54) is 41.9 Å². The molecule has 0 aliphatic heterocycles. The van der Waals surface area contributed by atoms with Crippen LogP contribution >= 0.6 is 11.6 Å². The van der Waals surface area contributed by atoms with Crippen molar-refractivity contribution in [2.45, 2.75) is 18.7 Å². The zero-order valence-electron chi connectivity index (χ0n) is 16.6. The van der Waals surface area contributed by atoms with Gasteiger partial charge in [-0.05, 0) is 37.3 Å². The number of aromatic nitrogens is 2. The molecule has 0 atom stereocenters. The summed E-state index contributed by atoms with van der Waals surface area (Å²) in [6, 6.07) is 9.84. The second-order valence-corrected chi connectivity index (χ2v) is 8.31. The van der Waals surface area contributed by atoms with Gasteiger partial charge in [-0.15, -0.1) is 10.2 Å². The predicted octanol–water partition coefficient (Wildman–Crippen LogP) is 4.03. The van der Waals surface area contributed by atoms with Gasteiger partial charge >= 0.3 is 0 Å². The van der Waals surface area contributed by atoms with Gasteiger partial charge in [-0.3, -0.25) is 9.35 Å². The monoisotopic (exact) mass is 474 g/mol. The molecular formula is C19H15ClN6O5S. The van der Waals surface area contributed by atoms with E-state index >= 15 is 0 Å². The van der Waals surface area contributed by atoms with E-state index in [1.807, 2.05) is 6.07 Å². The van der Waals surface area contributed by atoms with Crippen molar-refractivity contribution >= 4 is 44.8 Å². The van der Waals surface area contributed by atoms with Gasteiger partial charge in [0, 0.05) is 6.92 Å². The van der Waals surface area contributed by atoms with Gasteiger partial charge in [0.25, 0.3) is 10.1 Å². The fraction of sp³-hybridized carbons (Fsp3) is 0.105. The molecule has 1 amide bonds. The summed E-state index contributed by atoms with van der Waals surface area (Å²) in [5.41, 5.74) is 0.767. The van der Waals surface area contributed by atoms with Gasteiger partial charge < -0.3 is 10.4 Å². The van der Waals surface area contributed by atoms with Gasteiger partial charge in [-0.1, -0.05) is 17.7 Å². The lowest BCUT2D eigenvalue weighted by atomic mass is 10.2. The lowest BCUT2D eigenvalue weighted by Crippen LogP contribution is -2.05. The molecule has 11 nitrogen and oxygen atoms in total. The number of anilines is 1. The zero-order chi connectivity index (χ0) is 23.6. The second-order valence-electron chi connectivity index (χ2n) is 6.48. The average Bonchev–Trinajstić information content (AvgIpc) is 3.04. The number of carbonyl (C=O) groups is 1. The molecule has 0 saturated heterocycles. The van der Waals surface area contributed by atoms with E-state index in [9.17, 15) is 28.1 Å². The van der Waals surface area contributed by atoms with Crippen molar-refractivity contribution in [1.82, 2.24) is 9.78 Å². The Morgan fingerprint density at radius 2 is 2.00 bits per heavy atom. The molecule has 0 unspecified atom stereocenters. The molecule has 32 heavy (non-hydrogen) atoms. The van der Waals surface area contributed by atoms with Crippen LogP contribution in [0.25, 0.3) is 5.69 Å². The normalized spacial score (nSPS) is 11.5. The number of nitriles is 1. The van der Waals surface area contributed by atoms with E-state index in [2.05, 4.69) is 20.6 Å². The Balaban J connectivity index is 2.13. The molecule has 0 saturated carbocycles. The lowest BCUT2D eigenvalue weighted by molar-refractivity contribution is -0.114. The highest BCUT2D eigenvalue weighted by Crippen LogP contribution is 2.37. The van der Waals surface area contributed by atoms with Gasteiger partial charge in [0.1, 0.15) is 11.6 Å². The van der Waals surface area contributed by atoms with Crippen LogP contribution in [-0.2, 0) is 14.9 Å². The second kappa shape index (κ2) is 8.75. The summed E-state index contributed by atoms with van der Waals surface area (Å²) in [5, 5.41) is 34.1. The first-order chi connectivity index (χ1) is 15.0. The smallest absolute Gasteiger partial charge is 0.294 e. The fourth-order valence-electron chi connectivity index (χ4n) is 2.73. The topological polar surface area (TPSA) is 170 Å². The number of carbonyl (C=O) groups excluding carboxylic acids is 1. The van der Waals surface area contributed by atoms with Crippen LogP contribution in [0.2, 0.25) is 5.02 Å². The summed E-state index contributed by atoms with van der Waals surface area (Å²) < 4.78 is 33.5. The number of phenolic OH excluding ortho intramolecular Hbond substituents is 1. The highest BCUT2D eigenvalue weighted by molar-refractivity contribution is 7.85. The van der Waals surface area contributed by atoms with Gasteiger partial charge in [-0.25, -0.2) is 4.68 Å². The maximum absolute atomic E-state index is 11.5. The van der Waals surface area contributed by atoms with Crippen LogP contribution < -0.4 is 5.32 Å². The van der Waals surface area contributed by atoms with Crippen molar-refractivity contribution in [3.63, 3.8) is 0 Å². The third-order valence-corrected chi connectivity index (χ3v) is 5.26. The molecule has 0 radical (unpaired) electrons. The van der Waals surface area contributed by atoms with E-state index in [-0.39, 0.29) is 44.1 Å². The Morgan fingerprint density at radius 1 is 1.28 bits per heavy atom. The first kappa shape index (κ1) is 22.9. The quantitative estimate of drug-likeness (QED) is 0.284. The minimum absolute atomic E-state index is 0.0113. The molecule has 164 valence electrons. The fourth-order valence-corrected chi connectivity index (χ4v) is 3.46. The number of phenols is 1. The molecule has 1 heterocycles. The van der Waals surface area contributed by atoms with Crippen molar-refractivity contribution in [3.05, 3.63) is 52.7 Å². The number of nitrogens with zero attached hydrogens (tertiary/aromatic N) is 5. The van der Waals surface area contributed by atoms with Crippen LogP contribution in [0.5, 0.6) is 5.75 Å².